The molecule has 2 nitrogen and oxygen atoms in total. The summed E-state index contributed by atoms with van der Waals surface area (Å²) >= 11 is 0. The van der Waals surface area contributed by atoms with E-state index in [1.807, 2.05) is 18.2 Å². The second kappa shape index (κ2) is 4.52. The molecule has 2 heteroatoms. The van der Waals surface area contributed by atoms with Crippen molar-refractivity contribution in [2.24, 2.45) is 11.8 Å². The molecular weight excluding hydrogens is 212 g/mol. The van der Waals surface area contributed by atoms with Crippen LogP contribution in [0.15, 0.2) is 30.3 Å². The summed E-state index contributed by atoms with van der Waals surface area (Å²) in [4.78, 5) is 11.6. The lowest BCUT2D eigenvalue weighted by Gasteiger charge is -2.33. The van der Waals surface area contributed by atoms with Crippen LogP contribution in [0.5, 0.6) is 0 Å². The second-order valence-electron chi connectivity index (χ2n) is 5.28. The molecule has 3 atom stereocenters. The molecule has 17 heavy (non-hydrogen) atoms. The van der Waals surface area contributed by atoms with Crippen LogP contribution in [0, 0.1) is 11.8 Å². The van der Waals surface area contributed by atoms with Crippen molar-refractivity contribution in [3.05, 3.63) is 35.9 Å². The third-order valence-corrected chi connectivity index (χ3v) is 4.19. The molecule has 1 aromatic rings. The molecule has 0 amide bonds. The zero-order chi connectivity index (χ0) is 11.7. The highest BCUT2D eigenvalue weighted by molar-refractivity contribution is 5.71. The van der Waals surface area contributed by atoms with E-state index >= 15 is 0 Å². The van der Waals surface area contributed by atoms with Gasteiger partial charge < -0.3 is 4.74 Å². The number of benzene rings is 1. The van der Waals surface area contributed by atoms with E-state index in [4.69, 9.17) is 4.74 Å². The largest absolute Gasteiger partial charge is 0.462 e. The summed E-state index contributed by atoms with van der Waals surface area (Å²) in [6.07, 6.45) is 5.35. The molecule has 1 saturated heterocycles. The predicted molar refractivity (Wildman–Crippen MR) is 65.5 cm³/mol. The zero-order valence-corrected chi connectivity index (χ0v) is 9.97. The van der Waals surface area contributed by atoms with Gasteiger partial charge in [0.05, 0.1) is 0 Å². The Morgan fingerprint density at radius 2 is 2.00 bits per heavy atom. The first-order chi connectivity index (χ1) is 8.33. The Morgan fingerprint density at radius 3 is 2.82 bits per heavy atom. The maximum Gasteiger partial charge on any atom is 0.306 e. The number of esters is 1. The highest BCUT2D eigenvalue weighted by atomic mass is 16.5. The van der Waals surface area contributed by atoms with Gasteiger partial charge in [-0.2, -0.15) is 0 Å². The highest BCUT2D eigenvalue weighted by Crippen LogP contribution is 2.41. The first kappa shape index (κ1) is 10.8. The van der Waals surface area contributed by atoms with Crippen LogP contribution in [0.3, 0.4) is 0 Å². The fourth-order valence-corrected chi connectivity index (χ4v) is 3.37. The van der Waals surface area contributed by atoms with E-state index in [0.717, 1.165) is 6.42 Å². The molecule has 0 spiro atoms. The maximum atomic E-state index is 11.6. The Morgan fingerprint density at radius 1 is 1.18 bits per heavy atom. The van der Waals surface area contributed by atoms with Gasteiger partial charge in [-0.15, -0.1) is 0 Å². The van der Waals surface area contributed by atoms with Gasteiger partial charge in [0.2, 0.25) is 0 Å². The average Bonchev–Trinajstić information content (AvgIpc) is 2.78. The van der Waals surface area contributed by atoms with E-state index in [9.17, 15) is 4.79 Å². The van der Waals surface area contributed by atoms with Gasteiger partial charge in [0.25, 0.3) is 0 Å². The van der Waals surface area contributed by atoms with Gasteiger partial charge in [0.1, 0.15) is 6.10 Å². The molecule has 2 fully saturated rings. The van der Waals surface area contributed by atoms with Gasteiger partial charge in [0, 0.05) is 12.8 Å². The van der Waals surface area contributed by atoms with E-state index in [2.05, 4.69) is 12.1 Å². The Hall–Kier alpha value is -1.31. The van der Waals surface area contributed by atoms with E-state index < -0.39 is 0 Å². The van der Waals surface area contributed by atoms with E-state index in [1.165, 1.54) is 24.8 Å². The van der Waals surface area contributed by atoms with Crippen molar-refractivity contribution in [1.82, 2.24) is 0 Å². The van der Waals surface area contributed by atoms with Gasteiger partial charge >= 0.3 is 5.97 Å². The summed E-state index contributed by atoms with van der Waals surface area (Å²) in [7, 11) is 0. The molecule has 2 aliphatic rings. The van der Waals surface area contributed by atoms with Crippen molar-refractivity contribution in [2.45, 2.75) is 38.2 Å². The third-order valence-electron chi connectivity index (χ3n) is 4.19. The molecule has 90 valence electrons. The van der Waals surface area contributed by atoms with E-state index in [0.29, 0.717) is 18.3 Å². The minimum atomic E-state index is 0.00841. The summed E-state index contributed by atoms with van der Waals surface area (Å²) in [6.45, 7) is 0. The number of fused-ring (bicyclic) bond motifs is 1. The summed E-state index contributed by atoms with van der Waals surface area (Å²) < 4.78 is 5.57. The highest BCUT2D eigenvalue weighted by Gasteiger charge is 2.41. The molecule has 0 bridgehead atoms. The van der Waals surface area contributed by atoms with Crippen LogP contribution in [0.1, 0.15) is 31.2 Å². The van der Waals surface area contributed by atoms with Crippen LogP contribution < -0.4 is 0 Å². The van der Waals surface area contributed by atoms with Gasteiger partial charge in [-0.05, 0) is 30.2 Å². The lowest BCUT2D eigenvalue weighted by atomic mass is 9.83. The Bertz CT molecular complexity index is 399. The van der Waals surface area contributed by atoms with Crippen molar-refractivity contribution in [3.8, 4) is 0 Å². The molecule has 0 N–H and O–H groups in total. The van der Waals surface area contributed by atoms with Crippen LogP contribution in [0.2, 0.25) is 0 Å². The molecule has 3 rings (SSSR count). The molecule has 1 aliphatic carbocycles. The lowest BCUT2D eigenvalue weighted by Crippen LogP contribution is -2.37. The number of cyclic esters (lactones) is 1. The predicted octanol–water partition coefficient (Wildman–Crippen LogP) is 2.96. The number of carbonyl (C=O) groups is 1. The maximum absolute atomic E-state index is 11.6. The minimum Gasteiger partial charge on any atom is -0.462 e. The molecule has 0 aromatic heterocycles. The fraction of sp³-hybridized carbons (Fsp3) is 0.533. The number of ether oxygens (including phenoxy) is 1. The van der Waals surface area contributed by atoms with Crippen molar-refractivity contribution < 1.29 is 9.53 Å². The Kier molecular flexibility index (Phi) is 2.87. The number of hydrogen-bond donors (Lipinski definition) is 0. The first-order valence-electron chi connectivity index (χ1n) is 6.56. The molecule has 1 heterocycles. The van der Waals surface area contributed by atoms with Crippen molar-refractivity contribution in [1.29, 1.82) is 0 Å². The molecular formula is C15H18O2. The minimum absolute atomic E-state index is 0.00841. The van der Waals surface area contributed by atoms with Crippen LogP contribution in [0.4, 0.5) is 0 Å². The molecule has 1 aromatic carbocycles. The van der Waals surface area contributed by atoms with Gasteiger partial charge in [0.15, 0.2) is 0 Å². The topological polar surface area (TPSA) is 26.3 Å². The van der Waals surface area contributed by atoms with Crippen LogP contribution in [-0.4, -0.2) is 12.1 Å². The normalized spacial score (nSPS) is 32.0. The monoisotopic (exact) mass is 230 g/mol. The first-order valence-corrected chi connectivity index (χ1v) is 6.56. The van der Waals surface area contributed by atoms with E-state index in [-0.39, 0.29) is 12.1 Å². The summed E-state index contributed by atoms with van der Waals surface area (Å²) in [5.41, 5.74) is 1.28. The molecule has 1 aliphatic heterocycles. The number of hydrogen-bond acceptors (Lipinski definition) is 2. The van der Waals surface area contributed by atoms with Gasteiger partial charge in [-0.25, -0.2) is 0 Å². The van der Waals surface area contributed by atoms with Crippen molar-refractivity contribution >= 4 is 5.97 Å². The van der Waals surface area contributed by atoms with E-state index in [1.54, 1.807) is 0 Å². The second-order valence-corrected chi connectivity index (χ2v) is 5.28. The van der Waals surface area contributed by atoms with Gasteiger partial charge in [-0.1, -0.05) is 36.8 Å². The third kappa shape index (κ3) is 2.21. The number of rotatable bonds is 2. The lowest BCUT2D eigenvalue weighted by molar-refractivity contribution is -0.161. The standard InChI is InChI=1S/C15H18O2/c16-15-10-12-7-4-8-13(12)14(17-15)9-11-5-2-1-3-6-11/h1-3,5-6,12-14H,4,7-10H2/t12-,13+,14-/m1/s1. The molecule has 0 unspecified atom stereocenters. The van der Waals surface area contributed by atoms with Crippen molar-refractivity contribution in [2.75, 3.05) is 0 Å². The Labute approximate surface area is 102 Å². The summed E-state index contributed by atoms with van der Waals surface area (Å²) in [5.74, 6) is 1.20. The van der Waals surface area contributed by atoms with Crippen LogP contribution >= 0.6 is 0 Å². The van der Waals surface area contributed by atoms with Gasteiger partial charge in [-0.3, -0.25) is 4.79 Å². The summed E-state index contributed by atoms with van der Waals surface area (Å²) in [5, 5.41) is 0. The van der Waals surface area contributed by atoms with Crippen molar-refractivity contribution in [3.63, 3.8) is 0 Å². The Balaban J connectivity index is 1.75. The number of carbonyl (C=O) groups excluding carboxylic acids is 1. The SMILES string of the molecule is O=C1C[C@H]2CCC[C@@H]2[C@@H](Cc2ccccc2)O1. The fourth-order valence-electron chi connectivity index (χ4n) is 3.37. The molecule has 0 radical (unpaired) electrons. The van der Waals surface area contributed by atoms with Crippen LogP contribution in [0.25, 0.3) is 0 Å². The average molecular weight is 230 g/mol. The zero-order valence-electron chi connectivity index (χ0n) is 9.97. The summed E-state index contributed by atoms with van der Waals surface area (Å²) in [6, 6.07) is 10.4. The quantitative estimate of drug-likeness (QED) is 0.730. The smallest absolute Gasteiger partial charge is 0.306 e. The molecule has 1 saturated carbocycles. The van der Waals surface area contributed by atoms with Crippen LogP contribution in [-0.2, 0) is 16.0 Å².